The number of imidazole rings is 1. The Labute approximate surface area is 191 Å². The molecule has 1 aliphatic heterocycles. The Kier molecular flexibility index (Phi) is 7.12. The van der Waals surface area contributed by atoms with Crippen molar-refractivity contribution >= 4 is 5.91 Å². The summed E-state index contributed by atoms with van der Waals surface area (Å²) in [6, 6.07) is 8.16. The standard InChI is InChI=1S/C24H27FN4O4/c1-24(23(30)27-9-3-11-31-2)14-32-22(33-15-24)21-28-13-20(29-21)19-12-26-10-8-18(19)16-4-6-17(25)7-5-16/h4-8,10,12-13,22H,3,9,11,14-15H2,1-2H3,(H,27,30)(H,28,29). The molecule has 4 rings (SSSR count). The van der Waals surface area contributed by atoms with E-state index < -0.39 is 11.7 Å². The third-order valence-corrected chi connectivity index (χ3v) is 5.55. The lowest BCUT2D eigenvalue weighted by molar-refractivity contribution is -0.231. The number of nitrogens with one attached hydrogen (secondary N) is 2. The fraction of sp³-hybridized carbons (Fsp3) is 0.375. The van der Waals surface area contributed by atoms with Crippen LogP contribution in [0.4, 0.5) is 4.39 Å². The smallest absolute Gasteiger partial charge is 0.230 e. The van der Waals surface area contributed by atoms with Crippen LogP contribution >= 0.6 is 0 Å². The first-order valence-electron chi connectivity index (χ1n) is 10.8. The summed E-state index contributed by atoms with van der Waals surface area (Å²) < 4.78 is 30.0. The number of amides is 1. The van der Waals surface area contributed by atoms with Crippen LogP contribution in [0.25, 0.3) is 22.4 Å². The van der Waals surface area contributed by atoms with Crippen LogP contribution in [0.2, 0.25) is 0 Å². The van der Waals surface area contributed by atoms with Crippen LogP contribution in [0.5, 0.6) is 0 Å². The summed E-state index contributed by atoms with van der Waals surface area (Å²) in [5.74, 6) is 0.0957. The maximum atomic E-state index is 13.3. The number of hydrogen-bond donors (Lipinski definition) is 2. The second-order valence-electron chi connectivity index (χ2n) is 8.23. The van der Waals surface area contributed by atoms with Gasteiger partial charge in [0.25, 0.3) is 0 Å². The average Bonchev–Trinajstić information content (AvgIpc) is 3.33. The first kappa shape index (κ1) is 23.0. The van der Waals surface area contributed by atoms with Crippen LogP contribution in [0.3, 0.4) is 0 Å². The van der Waals surface area contributed by atoms with Gasteiger partial charge in [0.1, 0.15) is 5.82 Å². The van der Waals surface area contributed by atoms with Crippen LogP contribution in [-0.4, -0.2) is 54.3 Å². The number of aromatic nitrogens is 3. The molecular formula is C24H27FN4O4. The molecule has 2 N–H and O–H groups in total. The van der Waals surface area contributed by atoms with Crippen molar-refractivity contribution in [3.8, 4) is 22.4 Å². The highest BCUT2D eigenvalue weighted by Crippen LogP contribution is 2.34. The molecule has 9 heteroatoms. The molecule has 2 aromatic heterocycles. The van der Waals surface area contributed by atoms with Gasteiger partial charge in [0, 0.05) is 38.2 Å². The minimum atomic E-state index is -0.780. The Balaban J connectivity index is 1.43. The number of rotatable bonds is 8. The Hall–Kier alpha value is -3.14. The van der Waals surface area contributed by atoms with Crippen molar-refractivity contribution < 1.29 is 23.4 Å². The van der Waals surface area contributed by atoms with E-state index in [9.17, 15) is 9.18 Å². The van der Waals surface area contributed by atoms with Crippen LogP contribution in [0, 0.1) is 11.2 Å². The summed E-state index contributed by atoms with van der Waals surface area (Å²) in [5.41, 5.74) is 2.52. The minimum Gasteiger partial charge on any atom is -0.385 e. The van der Waals surface area contributed by atoms with Gasteiger partial charge in [0.15, 0.2) is 5.82 Å². The van der Waals surface area contributed by atoms with E-state index in [4.69, 9.17) is 14.2 Å². The van der Waals surface area contributed by atoms with Crippen molar-refractivity contribution in [2.24, 2.45) is 5.41 Å². The highest BCUT2D eigenvalue weighted by atomic mass is 19.1. The predicted molar refractivity (Wildman–Crippen MR) is 119 cm³/mol. The second kappa shape index (κ2) is 10.2. The van der Waals surface area contributed by atoms with Gasteiger partial charge in [-0.15, -0.1) is 0 Å². The molecule has 0 bridgehead atoms. The van der Waals surface area contributed by atoms with Gasteiger partial charge in [0.2, 0.25) is 12.2 Å². The molecule has 8 nitrogen and oxygen atoms in total. The van der Waals surface area contributed by atoms with E-state index in [1.54, 1.807) is 37.8 Å². The number of pyridine rings is 1. The number of carbonyl (C=O) groups is 1. The van der Waals surface area contributed by atoms with E-state index in [2.05, 4.69) is 20.3 Å². The molecular weight excluding hydrogens is 427 g/mol. The fourth-order valence-corrected chi connectivity index (χ4v) is 3.61. The molecule has 0 saturated carbocycles. The molecule has 1 fully saturated rings. The summed E-state index contributed by atoms with van der Waals surface area (Å²) >= 11 is 0. The van der Waals surface area contributed by atoms with Crippen LogP contribution in [0.15, 0.2) is 48.9 Å². The summed E-state index contributed by atoms with van der Waals surface area (Å²) in [7, 11) is 1.63. The molecule has 1 aliphatic rings. The number of H-pyrrole nitrogens is 1. The summed E-state index contributed by atoms with van der Waals surface area (Å²) in [6.07, 6.45) is 5.13. The number of aromatic amines is 1. The summed E-state index contributed by atoms with van der Waals surface area (Å²) in [4.78, 5) is 24.4. The van der Waals surface area contributed by atoms with Gasteiger partial charge < -0.3 is 24.5 Å². The zero-order valence-electron chi connectivity index (χ0n) is 18.6. The topological polar surface area (TPSA) is 98.4 Å². The molecule has 0 aliphatic carbocycles. The molecule has 0 atom stereocenters. The quantitative estimate of drug-likeness (QED) is 0.506. The molecule has 0 radical (unpaired) electrons. The molecule has 3 aromatic rings. The molecule has 1 amide bonds. The first-order valence-corrected chi connectivity index (χ1v) is 10.8. The maximum absolute atomic E-state index is 13.3. The highest BCUT2D eigenvalue weighted by molar-refractivity contribution is 5.82. The highest BCUT2D eigenvalue weighted by Gasteiger charge is 2.40. The van der Waals surface area contributed by atoms with Crippen LogP contribution < -0.4 is 5.32 Å². The number of methoxy groups -OCH3 is 1. The lowest BCUT2D eigenvalue weighted by Crippen LogP contribution is -2.48. The van der Waals surface area contributed by atoms with Gasteiger partial charge in [-0.05, 0) is 42.7 Å². The molecule has 1 aromatic carbocycles. The predicted octanol–water partition coefficient (Wildman–Crippen LogP) is 3.48. The molecule has 3 heterocycles. The number of halogens is 1. The lowest BCUT2D eigenvalue weighted by atomic mass is 9.91. The third-order valence-electron chi connectivity index (χ3n) is 5.55. The largest absolute Gasteiger partial charge is 0.385 e. The number of nitrogens with zero attached hydrogens (tertiary/aromatic N) is 2. The van der Waals surface area contributed by atoms with Crippen molar-refractivity contribution in [1.29, 1.82) is 0 Å². The summed E-state index contributed by atoms with van der Waals surface area (Å²) in [5, 5.41) is 2.90. The van der Waals surface area contributed by atoms with Gasteiger partial charge in [-0.3, -0.25) is 9.78 Å². The number of benzene rings is 1. The van der Waals surface area contributed by atoms with Crippen molar-refractivity contribution in [2.75, 3.05) is 33.5 Å². The van der Waals surface area contributed by atoms with E-state index in [1.165, 1.54) is 12.1 Å². The van der Waals surface area contributed by atoms with E-state index in [0.29, 0.717) is 19.0 Å². The molecule has 0 spiro atoms. The Bertz CT molecular complexity index is 1080. The fourth-order valence-electron chi connectivity index (χ4n) is 3.61. The molecule has 174 valence electrons. The van der Waals surface area contributed by atoms with E-state index >= 15 is 0 Å². The Morgan fingerprint density at radius 3 is 2.70 bits per heavy atom. The minimum absolute atomic E-state index is 0.114. The van der Waals surface area contributed by atoms with Gasteiger partial charge in [0.05, 0.1) is 30.5 Å². The van der Waals surface area contributed by atoms with Crippen LogP contribution in [-0.2, 0) is 19.0 Å². The molecule has 1 saturated heterocycles. The number of hydrogen-bond acceptors (Lipinski definition) is 6. The van der Waals surface area contributed by atoms with Gasteiger partial charge in [-0.2, -0.15) is 0 Å². The second-order valence-corrected chi connectivity index (χ2v) is 8.23. The Morgan fingerprint density at radius 1 is 1.21 bits per heavy atom. The van der Waals surface area contributed by atoms with Crippen molar-refractivity contribution in [3.05, 3.63) is 60.6 Å². The zero-order valence-corrected chi connectivity index (χ0v) is 18.6. The SMILES string of the molecule is COCCCNC(=O)C1(C)COC(c2ncc(-c3cnccc3-c3ccc(F)cc3)[nH]2)OC1. The van der Waals surface area contributed by atoms with E-state index in [1.807, 2.05) is 13.0 Å². The monoisotopic (exact) mass is 454 g/mol. The van der Waals surface area contributed by atoms with E-state index in [-0.39, 0.29) is 24.9 Å². The third kappa shape index (κ3) is 5.27. The molecule has 33 heavy (non-hydrogen) atoms. The van der Waals surface area contributed by atoms with E-state index in [0.717, 1.165) is 28.8 Å². The normalized spacial score (nSPS) is 20.5. The van der Waals surface area contributed by atoms with Crippen molar-refractivity contribution in [1.82, 2.24) is 20.3 Å². The first-order chi connectivity index (χ1) is 16.0. The average molecular weight is 455 g/mol. The number of carbonyl (C=O) groups excluding carboxylic acids is 1. The van der Waals surface area contributed by atoms with Crippen molar-refractivity contribution in [3.63, 3.8) is 0 Å². The number of ether oxygens (including phenoxy) is 3. The van der Waals surface area contributed by atoms with Gasteiger partial charge in [-0.1, -0.05) is 12.1 Å². The van der Waals surface area contributed by atoms with Gasteiger partial charge >= 0.3 is 0 Å². The van der Waals surface area contributed by atoms with Crippen molar-refractivity contribution in [2.45, 2.75) is 19.6 Å². The summed E-state index contributed by atoms with van der Waals surface area (Å²) in [6.45, 7) is 3.35. The maximum Gasteiger partial charge on any atom is 0.230 e. The Morgan fingerprint density at radius 2 is 1.97 bits per heavy atom. The lowest BCUT2D eigenvalue weighted by Gasteiger charge is -2.35. The zero-order chi connectivity index (χ0) is 23.3. The van der Waals surface area contributed by atoms with Crippen LogP contribution in [0.1, 0.15) is 25.5 Å². The van der Waals surface area contributed by atoms with Gasteiger partial charge in [-0.25, -0.2) is 9.37 Å². The molecule has 0 unspecified atom stereocenters.